The summed E-state index contributed by atoms with van der Waals surface area (Å²) in [6.07, 6.45) is 0. The van der Waals surface area contributed by atoms with Crippen LogP contribution < -0.4 is 0 Å². The van der Waals surface area contributed by atoms with Gasteiger partial charge in [0, 0.05) is 6.92 Å². The molecule has 72 valence electrons. The van der Waals surface area contributed by atoms with Crippen LogP contribution in [-0.2, 0) is 14.3 Å². The van der Waals surface area contributed by atoms with Crippen molar-refractivity contribution in [3.05, 3.63) is 0 Å². The van der Waals surface area contributed by atoms with E-state index in [1.54, 1.807) is 6.92 Å². The number of rotatable bonds is 2. The number of ketones is 1. The lowest BCUT2D eigenvalue weighted by molar-refractivity contribution is -0.152. The Labute approximate surface area is 73.5 Å². The molecule has 0 amide bonds. The molecule has 0 aromatic heterocycles. The van der Waals surface area contributed by atoms with E-state index in [-0.39, 0.29) is 6.61 Å². The molecule has 0 aromatic carbocycles. The van der Waals surface area contributed by atoms with Crippen LogP contribution in [0.1, 0.15) is 13.8 Å². The summed E-state index contributed by atoms with van der Waals surface area (Å²) < 4.78 is 4.31. The zero-order chi connectivity index (χ0) is 10.1. The number of nitrogens with zero attached hydrogens (tertiary/aromatic N) is 1. The third kappa shape index (κ3) is 16.0. The second kappa shape index (κ2) is 8.20. The molecule has 4 heteroatoms. The fourth-order valence-electron chi connectivity index (χ4n) is 0.233. The quantitative estimate of drug-likeness (QED) is 0.448. The van der Waals surface area contributed by atoms with Crippen LogP contribution in [0.25, 0.3) is 0 Å². The normalized spacial score (nSPS) is 8.50. The maximum absolute atomic E-state index is 10.2. The number of carbonyl (C=O) groups excluding carboxylic acids is 2. The van der Waals surface area contributed by atoms with Gasteiger partial charge >= 0.3 is 5.97 Å². The first-order valence-corrected chi connectivity index (χ1v) is 3.70. The zero-order valence-electron chi connectivity index (χ0n) is 8.38. The molecule has 0 radical (unpaired) electrons. The van der Waals surface area contributed by atoms with E-state index >= 15 is 0 Å². The van der Waals surface area contributed by atoms with E-state index in [9.17, 15) is 9.59 Å². The van der Waals surface area contributed by atoms with E-state index in [1.807, 2.05) is 26.0 Å². The van der Waals surface area contributed by atoms with Crippen molar-refractivity contribution in [2.45, 2.75) is 13.8 Å². The number of Topliss-reactive ketones (excluding diaryl/α,β-unsaturated/α-hetero) is 1. The lowest BCUT2D eigenvalue weighted by Gasteiger charge is -1.93. The maximum atomic E-state index is 10.2. The van der Waals surface area contributed by atoms with Gasteiger partial charge in [0.15, 0.2) is 0 Å². The lowest BCUT2D eigenvalue weighted by Crippen LogP contribution is -2.12. The van der Waals surface area contributed by atoms with E-state index in [0.717, 1.165) is 0 Å². The van der Waals surface area contributed by atoms with E-state index < -0.39 is 11.8 Å². The zero-order valence-corrected chi connectivity index (χ0v) is 8.38. The summed E-state index contributed by atoms with van der Waals surface area (Å²) in [5, 5.41) is 0. The van der Waals surface area contributed by atoms with Crippen molar-refractivity contribution >= 4 is 11.8 Å². The number of esters is 1. The fourth-order valence-corrected chi connectivity index (χ4v) is 0.233. The minimum Gasteiger partial charge on any atom is -0.460 e. The Balaban J connectivity index is 0. The Morgan fingerprint density at radius 1 is 1.25 bits per heavy atom. The van der Waals surface area contributed by atoms with E-state index in [0.29, 0.717) is 0 Å². The smallest absolute Gasteiger partial charge is 0.374 e. The molecule has 0 aliphatic rings. The maximum Gasteiger partial charge on any atom is 0.374 e. The van der Waals surface area contributed by atoms with Crippen molar-refractivity contribution in [1.29, 1.82) is 0 Å². The molecule has 0 aliphatic carbocycles. The molecule has 0 atom stereocenters. The molecule has 0 saturated carbocycles. The third-order valence-electron chi connectivity index (χ3n) is 0.563. The van der Waals surface area contributed by atoms with Gasteiger partial charge in [-0.1, -0.05) is 0 Å². The van der Waals surface area contributed by atoms with Crippen molar-refractivity contribution in [3.8, 4) is 0 Å². The summed E-state index contributed by atoms with van der Waals surface area (Å²) in [5.74, 6) is -1.31. The summed E-state index contributed by atoms with van der Waals surface area (Å²) in [4.78, 5) is 22.2. The van der Waals surface area contributed by atoms with Crippen LogP contribution in [0.4, 0.5) is 0 Å². The van der Waals surface area contributed by atoms with Crippen LogP contribution in [0, 0.1) is 0 Å². The Kier molecular flexibility index (Phi) is 9.34. The van der Waals surface area contributed by atoms with E-state index in [2.05, 4.69) is 4.74 Å². The molecule has 0 rings (SSSR count). The van der Waals surface area contributed by atoms with Crippen molar-refractivity contribution in [2.75, 3.05) is 27.7 Å². The molecule has 0 fully saturated rings. The third-order valence-corrected chi connectivity index (χ3v) is 0.563. The van der Waals surface area contributed by atoms with Crippen molar-refractivity contribution < 1.29 is 14.3 Å². The molecule has 0 heterocycles. The predicted molar refractivity (Wildman–Crippen MR) is 46.9 cm³/mol. The number of hydrogen-bond acceptors (Lipinski definition) is 4. The highest BCUT2D eigenvalue weighted by Gasteiger charge is 2.05. The first-order chi connectivity index (χ1) is 5.41. The fraction of sp³-hybridized carbons (Fsp3) is 0.750. The summed E-state index contributed by atoms with van der Waals surface area (Å²) in [6.45, 7) is 3.09. The number of hydrogen-bond donors (Lipinski definition) is 0. The molecule has 4 nitrogen and oxygen atoms in total. The predicted octanol–water partition coefficient (Wildman–Crippen LogP) is 0.316. The van der Waals surface area contributed by atoms with Gasteiger partial charge in [-0.15, -0.1) is 0 Å². The lowest BCUT2D eigenvalue weighted by atomic mass is 10.5. The summed E-state index contributed by atoms with van der Waals surface area (Å²) >= 11 is 0. The average molecular weight is 175 g/mol. The van der Waals surface area contributed by atoms with Gasteiger partial charge in [0.05, 0.1) is 6.61 Å². The van der Waals surface area contributed by atoms with Crippen LogP contribution >= 0.6 is 0 Å². The van der Waals surface area contributed by atoms with Crippen molar-refractivity contribution in [1.82, 2.24) is 4.90 Å². The van der Waals surface area contributed by atoms with Gasteiger partial charge < -0.3 is 9.64 Å². The van der Waals surface area contributed by atoms with Gasteiger partial charge in [-0.05, 0) is 28.1 Å². The van der Waals surface area contributed by atoms with Gasteiger partial charge in [0.1, 0.15) is 0 Å². The number of ether oxygens (including phenoxy) is 1. The molecular formula is C8H17NO3. The second-order valence-corrected chi connectivity index (χ2v) is 2.62. The van der Waals surface area contributed by atoms with Crippen LogP contribution in [0.5, 0.6) is 0 Å². The molecular weight excluding hydrogens is 158 g/mol. The van der Waals surface area contributed by atoms with E-state index in [1.165, 1.54) is 6.92 Å². The van der Waals surface area contributed by atoms with E-state index in [4.69, 9.17) is 0 Å². The standard InChI is InChI=1S/C5H8O3.C3H9N/c1-3-8-5(7)4(2)6;1-4(2)3/h3H2,1-2H3;1-3H3. The van der Waals surface area contributed by atoms with Gasteiger partial charge in [-0.25, -0.2) is 4.79 Å². The summed E-state index contributed by atoms with van der Waals surface area (Å²) in [7, 11) is 6.00. The molecule has 0 N–H and O–H groups in total. The van der Waals surface area contributed by atoms with Gasteiger partial charge in [-0.2, -0.15) is 0 Å². The Hall–Kier alpha value is -0.900. The Morgan fingerprint density at radius 2 is 1.58 bits per heavy atom. The van der Waals surface area contributed by atoms with Crippen molar-refractivity contribution in [3.63, 3.8) is 0 Å². The number of carbonyl (C=O) groups is 2. The Bertz CT molecular complexity index is 140. The highest BCUT2D eigenvalue weighted by molar-refractivity contribution is 6.32. The van der Waals surface area contributed by atoms with Crippen LogP contribution in [0.15, 0.2) is 0 Å². The average Bonchev–Trinajstić information content (AvgIpc) is 1.86. The van der Waals surface area contributed by atoms with Crippen LogP contribution in [-0.4, -0.2) is 44.4 Å². The first-order valence-electron chi connectivity index (χ1n) is 3.70. The molecule has 0 unspecified atom stereocenters. The van der Waals surface area contributed by atoms with Crippen LogP contribution in [0.2, 0.25) is 0 Å². The topological polar surface area (TPSA) is 46.6 Å². The first kappa shape index (κ1) is 13.7. The molecule has 12 heavy (non-hydrogen) atoms. The monoisotopic (exact) mass is 175 g/mol. The molecule has 0 bridgehead atoms. The molecule has 0 saturated heterocycles. The summed E-state index contributed by atoms with van der Waals surface area (Å²) in [5.41, 5.74) is 0. The van der Waals surface area contributed by atoms with Crippen LogP contribution in [0.3, 0.4) is 0 Å². The minimum atomic E-state index is -0.757. The van der Waals surface area contributed by atoms with Gasteiger partial charge in [0.2, 0.25) is 5.78 Å². The highest BCUT2D eigenvalue weighted by atomic mass is 16.5. The minimum absolute atomic E-state index is 0.262. The Morgan fingerprint density at radius 3 is 1.67 bits per heavy atom. The largest absolute Gasteiger partial charge is 0.460 e. The molecule has 0 aliphatic heterocycles. The SMILES string of the molecule is CCOC(=O)C(C)=O.CN(C)C. The van der Waals surface area contributed by atoms with Gasteiger partial charge in [-0.3, -0.25) is 4.79 Å². The summed E-state index contributed by atoms with van der Waals surface area (Å²) in [6, 6.07) is 0. The molecule has 0 aromatic rings. The second-order valence-electron chi connectivity index (χ2n) is 2.62. The van der Waals surface area contributed by atoms with Crippen molar-refractivity contribution in [2.24, 2.45) is 0 Å². The molecule has 0 spiro atoms. The van der Waals surface area contributed by atoms with Gasteiger partial charge in [0.25, 0.3) is 0 Å². The highest BCUT2D eigenvalue weighted by Crippen LogP contribution is 1.77.